The van der Waals surface area contributed by atoms with E-state index in [0.29, 0.717) is 17.9 Å². The van der Waals surface area contributed by atoms with Crippen molar-refractivity contribution >= 4 is 17.6 Å². The number of nitrogens with one attached hydrogen (secondary N) is 1. The van der Waals surface area contributed by atoms with Crippen molar-refractivity contribution in [2.45, 2.75) is 25.9 Å². The maximum absolute atomic E-state index is 13.0. The third kappa shape index (κ3) is 4.73. The number of carbonyl (C=O) groups is 2. The van der Waals surface area contributed by atoms with E-state index in [0.717, 1.165) is 0 Å². The van der Waals surface area contributed by atoms with Crippen molar-refractivity contribution in [2.75, 3.05) is 5.32 Å². The first-order chi connectivity index (χ1) is 10.5. The topological polar surface area (TPSA) is 68.5 Å². The van der Waals surface area contributed by atoms with Gasteiger partial charge in [-0.3, -0.25) is 9.59 Å². The summed E-state index contributed by atoms with van der Waals surface area (Å²) in [5.74, 6) is -0.801. The minimum Gasteiger partial charge on any atom is -0.469 e. The van der Waals surface area contributed by atoms with Crippen LogP contribution in [-0.2, 0) is 20.7 Å². The van der Waals surface area contributed by atoms with Gasteiger partial charge in [0.15, 0.2) is 6.10 Å². The van der Waals surface area contributed by atoms with Crippen LogP contribution in [0.25, 0.3) is 0 Å². The highest BCUT2D eigenvalue weighted by Gasteiger charge is 2.18. The van der Waals surface area contributed by atoms with Gasteiger partial charge in [0, 0.05) is 12.1 Å². The van der Waals surface area contributed by atoms with Gasteiger partial charge in [0.2, 0.25) is 0 Å². The minimum atomic E-state index is -0.965. The number of anilines is 1. The molecule has 1 heterocycles. The first-order valence-corrected chi connectivity index (χ1v) is 6.83. The fraction of sp³-hybridized carbons (Fsp3) is 0.250. The first-order valence-electron chi connectivity index (χ1n) is 6.83. The molecule has 116 valence electrons. The zero-order chi connectivity index (χ0) is 15.9. The summed E-state index contributed by atoms with van der Waals surface area (Å²) in [5.41, 5.74) is 0.309. The quantitative estimate of drug-likeness (QED) is 0.833. The Morgan fingerprint density at radius 3 is 2.82 bits per heavy atom. The Balaban J connectivity index is 1.79. The molecule has 0 saturated carbocycles. The number of benzene rings is 1. The molecule has 0 aliphatic carbocycles. The van der Waals surface area contributed by atoms with Crippen LogP contribution in [0.2, 0.25) is 0 Å². The molecule has 0 aliphatic rings. The van der Waals surface area contributed by atoms with E-state index in [1.807, 2.05) is 0 Å². The summed E-state index contributed by atoms with van der Waals surface area (Å²) >= 11 is 0. The van der Waals surface area contributed by atoms with Gasteiger partial charge >= 0.3 is 5.97 Å². The molecule has 0 aliphatic heterocycles. The smallest absolute Gasteiger partial charge is 0.307 e. The van der Waals surface area contributed by atoms with Crippen LogP contribution in [0, 0.1) is 5.82 Å². The summed E-state index contributed by atoms with van der Waals surface area (Å²) in [5, 5.41) is 2.48. The predicted molar refractivity (Wildman–Crippen MR) is 77.6 cm³/mol. The van der Waals surface area contributed by atoms with E-state index in [-0.39, 0.29) is 6.42 Å². The zero-order valence-corrected chi connectivity index (χ0v) is 12.0. The molecule has 1 aromatic heterocycles. The number of hydrogen-bond acceptors (Lipinski definition) is 4. The van der Waals surface area contributed by atoms with E-state index < -0.39 is 23.8 Å². The van der Waals surface area contributed by atoms with Gasteiger partial charge in [0.1, 0.15) is 11.6 Å². The van der Waals surface area contributed by atoms with E-state index in [9.17, 15) is 14.0 Å². The van der Waals surface area contributed by atoms with Gasteiger partial charge in [-0.15, -0.1) is 0 Å². The number of hydrogen-bond donors (Lipinski definition) is 1. The van der Waals surface area contributed by atoms with Crippen LogP contribution in [0.1, 0.15) is 19.1 Å². The van der Waals surface area contributed by atoms with Crippen molar-refractivity contribution < 1.29 is 23.1 Å². The van der Waals surface area contributed by atoms with Crippen molar-refractivity contribution in [3.63, 3.8) is 0 Å². The van der Waals surface area contributed by atoms with Crippen LogP contribution in [0.15, 0.2) is 47.1 Å². The van der Waals surface area contributed by atoms with Gasteiger partial charge in [-0.05, 0) is 37.3 Å². The number of ether oxygens (including phenoxy) is 1. The maximum Gasteiger partial charge on any atom is 0.307 e. The summed E-state index contributed by atoms with van der Waals surface area (Å²) in [7, 11) is 0. The van der Waals surface area contributed by atoms with Crippen LogP contribution >= 0.6 is 0 Å². The molecule has 0 spiro atoms. The number of amides is 1. The standard InChI is InChI=1S/C16H16FNO4/c1-11(16(20)18-13-5-2-4-12(17)10-13)22-15(19)8-7-14-6-3-9-21-14/h2-6,9-11H,7-8H2,1H3,(H,18,20)/t11-/m1/s1. The molecule has 22 heavy (non-hydrogen) atoms. The van der Waals surface area contributed by atoms with Crippen LogP contribution in [0.4, 0.5) is 10.1 Å². The SMILES string of the molecule is C[C@@H](OC(=O)CCc1ccco1)C(=O)Nc1cccc(F)c1. The van der Waals surface area contributed by atoms with Crippen LogP contribution in [0.3, 0.4) is 0 Å². The monoisotopic (exact) mass is 305 g/mol. The second-order valence-corrected chi connectivity index (χ2v) is 4.71. The lowest BCUT2D eigenvalue weighted by atomic mass is 10.2. The summed E-state index contributed by atoms with van der Waals surface area (Å²) in [6.07, 6.45) is 1.08. The second kappa shape index (κ2) is 7.40. The van der Waals surface area contributed by atoms with E-state index in [1.165, 1.54) is 31.4 Å². The molecule has 6 heteroatoms. The molecule has 2 aromatic rings. The molecule has 1 atom stereocenters. The number of esters is 1. The van der Waals surface area contributed by atoms with Gasteiger partial charge in [0.05, 0.1) is 12.7 Å². The van der Waals surface area contributed by atoms with Crippen molar-refractivity contribution in [1.82, 2.24) is 0 Å². The normalized spacial score (nSPS) is 11.7. The minimum absolute atomic E-state index is 0.116. The van der Waals surface area contributed by atoms with Gasteiger partial charge in [0.25, 0.3) is 5.91 Å². The highest BCUT2D eigenvalue weighted by molar-refractivity contribution is 5.95. The Labute approximate surface area is 127 Å². The first kappa shape index (κ1) is 15.8. The molecule has 1 amide bonds. The molecule has 0 unspecified atom stereocenters. The molecule has 5 nitrogen and oxygen atoms in total. The number of furan rings is 1. The van der Waals surface area contributed by atoms with Crippen LogP contribution in [-0.4, -0.2) is 18.0 Å². The lowest BCUT2D eigenvalue weighted by Crippen LogP contribution is -2.30. The third-order valence-corrected chi connectivity index (χ3v) is 2.93. The van der Waals surface area contributed by atoms with E-state index in [4.69, 9.17) is 9.15 Å². The molecular formula is C16H16FNO4. The summed E-state index contributed by atoms with van der Waals surface area (Å²) in [6.45, 7) is 1.46. The van der Waals surface area contributed by atoms with E-state index in [2.05, 4.69) is 5.32 Å². The Morgan fingerprint density at radius 2 is 2.14 bits per heavy atom. The molecule has 1 N–H and O–H groups in total. The highest BCUT2D eigenvalue weighted by atomic mass is 19.1. The molecule has 0 saturated heterocycles. The number of carbonyl (C=O) groups excluding carboxylic acids is 2. The van der Waals surface area contributed by atoms with Crippen LogP contribution < -0.4 is 5.32 Å². The fourth-order valence-electron chi connectivity index (χ4n) is 1.80. The predicted octanol–water partition coefficient (Wildman–Crippen LogP) is 2.92. The van der Waals surface area contributed by atoms with Gasteiger partial charge in [-0.25, -0.2) is 4.39 Å². The van der Waals surface area contributed by atoms with Crippen molar-refractivity contribution in [3.8, 4) is 0 Å². The average molecular weight is 305 g/mol. The summed E-state index contributed by atoms with van der Waals surface area (Å²) in [6, 6.07) is 8.97. The average Bonchev–Trinajstić information content (AvgIpc) is 2.98. The third-order valence-electron chi connectivity index (χ3n) is 2.93. The van der Waals surface area contributed by atoms with Gasteiger partial charge in [-0.1, -0.05) is 6.07 Å². The molecule has 1 aromatic carbocycles. The molecule has 0 bridgehead atoms. The lowest BCUT2D eigenvalue weighted by Gasteiger charge is -2.13. The van der Waals surface area contributed by atoms with Gasteiger partial charge in [-0.2, -0.15) is 0 Å². The Morgan fingerprint density at radius 1 is 1.32 bits per heavy atom. The number of aryl methyl sites for hydroxylation is 1. The van der Waals surface area contributed by atoms with Crippen LogP contribution in [0.5, 0.6) is 0 Å². The van der Waals surface area contributed by atoms with Crippen molar-refractivity contribution in [1.29, 1.82) is 0 Å². The largest absolute Gasteiger partial charge is 0.469 e. The molecule has 2 rings (SSSR count). The maximum atomic E-state index is 13.0. The second-order valence-electron chi connectivity index (χ2n) is 4.71. The van der Waals surface area contributed by atoms with E-state index >= 15 is 0 Å². The molecular weight excluding hydrogens is 289 g/mol. The number of rotatable bonds is 6. The Hall–Kier alpha value is -2.63. The highest BCUT2D eigenvalue weighted by Crippen LogP contribution is 2.11. The van der Waals surface area contributed by atoms with Crippen molar-refractivity contribution in [3.05, 3.63) is 54.2 Å². The molecule has 0 fully saturated rings. The fourth-order valence-corrected chi connectivity index (χ4v) is 1.80. The van der Waals surface area contributed by atoms with E-state index in [1.54, 1.807) is 18.2 Å². The lowest BCUT2D eigenvalue weighted by molar-refractivity contribution is -0.153. The molecule has 0 radical (unpaired) electrons. The Bertz CT molecular complexity index is 639. The van der Waals surface area contributed by atoms with Crippen molar-refractivity contribution in [2.24, 2.45) is 0 Å². The zero-order valence-electron chi connectivity index (χ0n) is 12.0. The van der Waals surface area contributed by atoms with Gasteiger partial charge < -0.3 is 14.5 Å². The summed E-state index contributed by atoms with van der Waals surface area (Å²) in [4.78, 5) is 23.5. The Kier molecular flexibility index (Phi) is 5.30. The number of halogens is 1. The summed E-state index contributed by atoms with van der Waals surface area (Å²) < 4.78 is 23.1.